The molecule has 0 rings (SSSR count). The fourth-order valence-electron chi connectivity index (χ4n) is 1.24. The van der Waals surface area contributed by atoms with E-state index in [-0.39, 0.29) is 13.2 Å². The van der Waals surface area contributed by atoms with Gasteiger partial charge in [-0.1, -0.05) is 39.5 Å². The van der Waals surface area contributed by atoms with Crippen LogP contribution in [0.1, 0.15) is 52.4 Å². The highest BCUT2D eigenvalue weighted by atomic mass is 16.5. The van der Waals surface area contributed by atoms with Crippen LogP contribution in [0.25, 0.3) is 0 Å². The Hall–Kier alpha value is -0.160. The van der Waals surface area contributed by atoms with Crippen molar-refractivity contribution in [1.82, 2.24) is 0 Å². The van der Waals surface area contributed by atoms with Crippen molar-refractivity contribution < 1.29 is 19.7 Å². The fourth-order valence-corrected chi connectivity index (χ4v) is 1.24. The molecular weight excluding hydrogens is 232 g/mol. The van der Waals surface area contributed by atoms with Gasteiger partial charge in [0.05, 0.1) is 26.4 Å². The molecule has 0 amide bonds. The van der Waals surface area contributed by atoms with Gasteiger partial charge >= 0.3 is 0 Å². The average Bonchev–Trinajstić information content (AvgIpc) is 2.39. The van der Waals surface area contributed by atoms with E-state index in [0.717, 1.165) is 13.2 Å². The summed E-state index contributed by atoms with van der Waals surface area (Å²) >= 11 is 0. The molecule has 0 atom stereocenters. The van der Waals surface area contributed by atoms with Crippen LogP contribution < -0.4 is 0 Å². The number of rotatable bonds is 12. The zero-order valence-corrected chi connectivity index (χ0v) is 12.2. The molecule has 0 spiro atoms. The molecule has 2 N–H and O–H groups in total. The molecule has 4 heteroatoms. The molecule has 0 fully saturated rings. The zero-order chi connectivity index (χ0) is 13.9. The monoisotopic (exact) mass is 264 g/mol. The van der Waals surface area contributed by atoms with Crippen LogP contribution in [0, 0.1) is 0 Å². The molecule has 0 aromatic heterocycles. The molecule has 0 radical (unpaired) electrons. The van der Waals surface area contributed by atoms with Gasteiger partial charge < -0.3 is 19.7 Å². The van der Waals surface area contributed by atoms with Crippen LogP contribution in [0.4, 0.5) is 0 Å². The predicted octanol–water partition coefficient (Wildman–Crippen LogP) is 2.37. The first kappa shape index (κ1) is 20.2. The molecule has 0 saturated heterocycles. The summed E-state index contributed by atoms with van der Waals surface area (Å²) in [6.07, 6.45) is 7.68. The molecule has 0 aromatic carbocycles. The first-order valence-electron chi connectivity index (χ1n) is 7.20. The maximum atomic E-state index is 8.09. The Labute approximate surface area is 112 Å². The lowest BCUT2D eigenvalue weighted by atomic mass is 10.2. The smallest absolute Gasteiger partial charge is 0.0698 e. The molecule has 0 unspecified atom stereocenters. The standard InChI is InChI=1S/C10H22O.C4H10O3/c1-3-5-7-9-11-10-8-6-4-2;5-1-3-7-4-2-6/h3-10H2,1-2H3;5-6H,1-4H2. The van der Waals surface area contributed by atoms with Gasteiger partial charge in [0.1, 0.15) is 0 Å². The third-order valence-electron chi connectivity index (χ3n) is 2.26. The van der Waals surface area contributed by atoms with Crippen LogP contribution in [0.2, 0.25) is 0 Å². The molecule has 112 valence electrons. The van der Waals surface area contributed by atoms with Crippen molar-refractivity contribution in [3.05, 3.63) is 0 Å². The quantitative estimate of drug-likeness (QED) is 0.531. The molecule has 0 heterocycles. The van der Waals surface area contributed by atoms with Crippen LogP contribution in [-0.4, -0.2) is 49.9 Å². The van der Waals surface area contributed by atoms with Crippen LogP contribution in [0.5, 0.6) is 0 Å². The summed E-state index contributed by atoms with van der Waals surface area (Å²) < 4.78 is 10.1. The minimum absolute atomic E-state index is 0.0278. The maximum absolute atomic E-state index is 8.09. The van der Waals surface area contributed by atoms with E-state index in [9.17, 15) is 0 Å². The lowest BCUT2D eigenvalue weighted by Gasteiger charge is -2.01. The number of aliphatic hydroxyl groups is 2. The molecule has 0 aromatic rings. The third-order valence-corrected chi connectivity index (χ3v) is 2.26. The van der Waals surface area contributed by atoms with Crippen molar-refractivity contribution in [2.24, 2.45) is 0 Å². The van der Waals surface area contributed by atoms with Crippen LogP contribution in [0.3, 0.4) is 0 Å². The minimum atomic E-state index is 0.0278. The van der Waals surface area contributed by atoms with Crippen molar-refractivity contribution in [3.8, 4) is 0 Å². The van der Waals surface area contributed by atoms with E-state index in [1.807, 2.05) is 0 Å². The van der Waals surface area contributed by atoms with Gasteiger partial charge in [-0.3, -0.25) is 0 Å². The summed E-state index contributed by atoms with van der Waals surface area (Å²) in [5.41, 5.74) is 0. The molecule has 0 aliphatic carbocycles. The Morgan fingerprint density at radius 3 is 1.33 bits per heavy atom. The summed E-state index contributed by atoms with van der Waals surface area (Å²) in [5.74, 6) is 0. The van der Waals surface area contributed by atoms with Gasteiger partial charge in [-0.2, -0.15) is 0 Å². The van der Waals surface area contributed by atoms with Gasteiger partial charge in [0.25, 0.3) is 0 Å². The lowest BCUT2D eigenvalue weighted by molar-refractivity contribution is 0.0650. The largest absolute Gasteiger partial charge is 0.394 e. The number of hydrogen-bond donors (Lipinski definition) is 2. The number of hydrogen-bond acceptors (Lipinski definition) is 4. The summed E-state index contributed by atoms with van der Waals surface area (Å²) in [6, 6.07) is 0. The highest BCUT2D eigenvalue weighted by molar-refractivity contribution is 4.38. The third kappa shape index (κ3) is 24.9. The molecule has 4 nitrogen and oxygen atoms in total. The van der Waals surface area contributed by atoms with E-state index in [1.54, 1.807) is 0 Å². The Bertz CT molecular complexity index is 108. The SMILES string of the molecule is CCCCCOCCCCC.OCCOCCO. The van der Waals surface area contributed by atoms with E-state index < -0.39 is 0 Å². The Morgan fingerprint density at radius 1 is 0.611 bits per heavy atom. The molecule has 0 bridgehead atoms. The molecule has 0 aliphatic heterocycles. The number of aliphatic hydroxyl groups excluding tert-OH is 2. The van der Waals surface area contributed by atoms with Gasteiger partial charge in [-0.15, -0.1) is 0 Å². The van der Waals surface area contributed by atoms with E-state index in [1.165, 1.54) is 38.5 Å². The molecule has 0 saturated carbocycles. The lowest BCUT2D eigenvalue weighted by Crippen LogP contribution is -2.03. The van der Waals surface area contributed by atoms with Gasteiger partial charge in [0, 0.05) is 13.2 Å². The highest BCUT2D eigenvalue weighted by Gasteiger charge is 1.88. The zero-order valence-electron chi connectivity index (χ0n) is 12.2. The maximum Gasteiger partial charge on any atom is 0.0698 e. The average molecular weight is 264 g/mol. The van der Waals surface area contributed by atoms with E-state index in [2.05, 4.69) is 18.6 Å². The normalized spacial score (nSPS) is 10.0. The first-order chi connectivity index (χ1) is 8.83. The summed E-state index contributed by atoms with van der Waals surface area (Å²) in [7, 11) is 0. The second-order valence-corrected chi connectivity index (χ2v) is 4.09. The summed E-state index contributed by atoms with van der Waals surface area (Å²) in [4.78, 5) is 0. The minimum Gasteiger partial charge on any atom is -0.394 e. The van der Waals surface area contributed by atoms with E-state index in [4.69, 9.17) is 14.9 Å². The van der Waals surface area contributed by atoms with Gasteiger partial charge in [-0.05, 0) is 12.8 Å². The Balaban J connectivity index is 0. The van der Waals surface area contributed by atoms with Crippen molar-refractivity contribution in [1.29, 1.82) is 0 Å². The molecular formula is C14H32O4. The Kier molecular flexibility index (Phi) is 24.7. The molecule has 0 aliphatic rings. The topological polar surface area (TPSA) is 58.9 Å². The van der Waals surface area contributed by atoms with Crippen LogP contribution >= 0.6 is 0 Å². The van der Waals surface area contributed by atoms with Crippen molar-refractivity contribution in [2.75, 3.05) is 39.6 Å². The van der Waals surface area contributed by atoms with E-state index in [0.29, 0.717) is 13.2 Å². The van der Waals surface area contributed by atoms with Crippen LogP contribution in [-0.2, 0) is 9.47 Å². The number of ether oxygens (including phenoxy) is 2. The number of unbranched alkanes of at least 4 members (excludes halogenated alkanes) is 4. The van der Waals surface area contributed by atoms with Crippen LogP contribution in [0.15, 0.2) is 0 Å². The van der Waals surface area contributed by atoms with Gasteiger partial charge in [-0.25, -0.2) is 0 Å². The second-order valence-electron chi connectivity index (χ2n) is 4.09. The first-order valence-corrected chi connectivity index (χ1v) is 7.20. The van der Waals surface area contributed by atoms with Gasteiger partial charge in [0.2, 0.25) is 0 Å². The summed E-state index contributed by atoms with van der Waals surface area (Å²) in [5, 5.41) is 16.2. The van der Waals surface area contributed by atoms with Gasteiger partial charge in [0.15, 0.2) is 0 Å². The summed E-state index contributed by atoms with van der Waals surface area (Å²) in [6.45, 7) is 7.07. The highest BCUT2D eigenvalue weighted by Crippen LogP contribution is 1.97. The van der Waals surface area contributed by atoms with Crippen molar-refractivity contribution in [2.45, 2.75) is 52.4 Å². The molecule has 18 heavy (non-hydrogen) atoms. The van der Waals surface area contributed by atoms with Crippen molar-refractivity contribution in [3.63, 3.8) is 0 Å². The van der Waals surface area contributed by atoms with Crippen molar-refractivity contribution >= 4 is 0 Å². The predicted molar refractivity (Wildman–Crippen MR) is 74.9 cm³/mol. The fraction of sp³-hybridized carbons (Fsp3) is 1.00. The second kappa shape index (κ2) is 22.1. The Morgan fingerprint density at radius 2 is 1.00 bits per heavy atom. The van der Waals surface area contributed by atoms with E-state index >= 15 is 0 Å².